The van der Waals surface area contributed by atoms with Crippen LogP contribution in [0.3, 0.4) is 0 Å². The van der Waals surface area contributed by atoms with E-state index in [0.717, 1.165) is 41.7 Å². The lowest BCUT2D eigenvalue weighted by atomic mass is 9.64. The maximum Gasteiger partial charge on any atom is 0.314 e. The zero-order valence-electron chi connectivity index (χ0n) is 11.4. The van der Waals surface area contributed by atoms with E-state index in [4.69, 9.17) is 4.74 Å². The van der Waals surface area contributed by atoms with Crippen molar-refractivity contribution in [1.82, 2.24) is 0 Å². The maximum atomic E-state index is 11.5. The molecule has 3 rings (SSSR count). The molecule has 0 aromatic heterocycles. The van der Waals surface area contributed by atoms with E-state index >= 15 is 0 Å². The number of benzene rings is 1. The van der Waals surface area contributed by atoms with Gasteiger partial charge in [0.15, 0.2) is 0 Å². The van der Waals surface area contributed by atoms with Gasteiger partial charge in [0.25, 0.3) is 0 Å². The standard InChI is InChI=1S/C16H19BrO3/c17-13-9-12(16(15(18)19)7-2-8-16)5-6-14(13)20-10-11-3-1-4-11/h5-6,9,11H,1-4,7-8,10H2,(H,18,19). The molecule has 1 aromatic carbocycles. The Labute approximate surface area is 127 Å². The molecule has 0 heterocycles. The summed E-state index contributed by atoms with van der Waals surface area (Å²) < 4.78 is 6.69. The summed E-state index contributed by atoms with van der Waals surface area (Å²) in [6.45, 7) is 0.766. The minimum Gasteiger partial charge on any atom is -0.492 e. The molecule has 20 heavy (non-hydrogen) atoms. The number of carboxylic acids is 1. The Morgan fingerprint density at radius 3 is 2.55 bits per heavy atom. The summed E-state index contributed by atoms with van der Waals surface area (Å²) in [7, 11) is 0. The first-order valence-corrected chi connectivity index (χ1v) is 8.07. The van der Waals surface area contributed by atoms with Crippen molar-refractivity contribution < 1.29 is 14.6 Å². The van der Waals surface area contributed by atoms with Crippen LogP contribution in [0.4, 0.5) is 0 Å². The highest BCUT2D eigenvalue weighted by atomic mass is 79.9. The van der Waals surface area contributed by atoms with Crippen molar-refractivity contribution in [2.75, 3.05) is 6.61 Å². The monoisotopic (exact) mass is 338 g/mol. The molecule has 0 radical (unpaired) electrons. The lowest BCUT2D eigenvalue weighted by Gasteiger charge is -2.38. The van der Waals surface area contributed by atoms with Crippen LogP contribution < -0.4 is 4.74 Å². The van der Waals surface area contributed by atoms with Gasteiger partial charge < -0.3 is 9.84 Å². The third kappa shape index (κ3) is 2.34. The summed E-state index contributed by atoms with van der Waals surface area (Å²) in [6.07, 6.45) is 6.29. The minimum atomic E-state index is -0.709. The Kier molecular flexibility index (Phi) is 3.76. The maximum absolute atomic E-state index is 11.5. The molecule has 0 bridgehead atoms. The summed E-state index contributed by atoms with van der Waals surface area (Å²) in [6, 6.07) is 5.73. The SMILES string of the molecule is O=C(O)C1(c2ccc(OCC3CCC3)c(Br)c2)CCC1. The largest absolute Gasteiger partial charge is 0.492 e. The van der Waals surface area contributed by atoms with E-state index in [0.29, 0.717) is 5.92 Å². The molecule has 2 aliphatic rings. The Hall–Kier alpha value is -1.03. The number of rotatable bonds is 5. The van der Waals surface area contributed by atoms with E-state index in [9.17, 15) is 9.90 Å². The molecular formula is C16H19BrO3. The third-order valence-electron chi connectivity index (χ3n) is 4.80. The second kappa shape index (κ2) is 5.40. The second-order valence-electron chi connectivity index (χ2n) is 5.99. The van der Waals surface area contributed by atoms with Gasteiger partial charge in [-0.05, 0) is 65.2 Å². The van der Waals surface area contributed by atoms with E-state index in [1.807, 2.05) is 18.2 Å². The van der Waals surface area contributed by atoms with Gasteiger partial charge in [-0.2, -0.15) is 0 Å². The smallest absolute Gasteiger partial charge is 0.314 e. The minimum absolute atomic E-state index is 0.672. The first-order valence-electron chi connectivity index (χ1n) is 7.28. The van der Waals surface area contributed by atoms with E-state index in [1.165, 1.54) is 19.3 Å². The van der Waals surface area contributed by atoms with Crippen molar-refractivity contribution in [3.8, 4) is 5.75 Å². The molecule has 2 fully saturated rings. The molecule has 0 spiro atoms. The fourth-order valence-corrected chi connectivity index (χ4v) is 3.43. The Bertz CT molecular complexity index is 518. The van der Waals surface area contributed by atoms with Crippen LogP contribution in [0.15, 0.2) is 22.7 Å². The molecule has 0 amide bonds. The van der Waals surface area contributed by atoms with E-state index in [1.54, 1.807) is 0 Å². The predicted molar refractivity (Wildman–Crippen MR) is 80.1 cm³/mol. The molecule has 0 unspecified atom stereocenters. The fraction of sp³-hybridized carbons (Fsp3) is 0.562. The van der Waals surface area contributed by atoms with Gasteiger partial charge in [-0.3, -0.25) is 4.79 Å². The van der Waals surface area contributed by atoms with Gasteiger partial charge in [0.2, 0.25) is 0 Å². The highest BCUT2D eigenvalue weighted by Gasteiger charge is 2.46. The Balaban J connectivity index is 1.74. The third-order valence-corrected chi connectivity index (χ3v) is 5.42. The number of hydrogen-bond donors (Lipinski definition) is 1. The van der Waals surface area contributed by atoms with E-state index in [2.05, 4.69) is 15.9 Å². The topological polar surface area (TPSA) is 46.5 Å². The van der Waals surface area contributed by atoms with Gasteiger partial charge in [-0.25, -0.2) is 0 Å². The highest BCUT2D eigenvalue weighted by molar-refractivity contribution is 9.10. The van der Waals surface area contributed by atoms with Gasteiger partial charge >= 0.3 is 5.97 Å². The van der Waals surface area contributed by atoms with Crippen LogP contribution in [-0.2, 0) is 10.2 Å². The first-order chi connectivity index (χ1) is 9.62. The van der Waals surface area contributed by atoms with Crippen LogP contribution in [0.1, 0.15) is 44.1 Å². The van der Waals surface area contributed by atoms with E-state index in [-0.39, 0.29) is 0 Å². The van der Waals surface area contributed by atoms with Gasteiger partial charge in [-0.15, -0.1) is 0 Å². The zero-order valence-corrected chi connectivity index (χ0v) is 13.0. The fourth-order valence-electron chi connectivity index (χ4n) is 2.94. The first kappa shape index (κ1) is 13.9. The Morgan fingerprint density at radius 1 is 1.35 bits per heavy atom. The summed E-state index contributed by atoms with van der Waals surface area (Å²) in [5, 5.41) is 9.47. The molecule has 0 saturated heterocycles. The molecule has 2 aliphatic carbocycles. The number of carboxylic acid groups (broad SMARTS) is 1. The number of carbonyl (C=O) groups is 1. The predicted octanol–water partition coefficient (Wildman–Crippen LogP) is 4.13. The molecule has 3 nitrogen and oxygen atoms in total. The van der Waals surface area contributed by atoms with Crippen molar-refractivity contribution in [3.05, 3.63) is 28.2 Å². The van der Waals surface area contributed by atoms with Gasteiger partial charge in [0, 0.05) is 0 Å². The summed E-state index contributed by atoms with van der Waals surface area (Å²) in [5.74, 6) is 0.804. The van der Waals surface area contributed by atoms with Crippen molar-refractivity contribution in [1.29, 1.82) is 0 Å². The highest BCUT2D eigenvalue weighted by Crippen LogP contribution is 2.45. The lowest BCUT2D eigenvalue weighted by Crippen LogP contribution is -2.42. The van der Waals surface area contributed by atoms with Crippen molar-refractivity contribution >= 4 is 21.9 Å². The Morgan fingerprint density at radius 2 is 2.10 bits per heavy atom. The molecule has 2 saturated carbocycles. The summed E-state index contributed by atoms with van der Waals surface area (Å²) in [5.41, 5.74) is 0.216. The molecule has 4 heteroatoms. The quantitative estimate of drug-likeness (QED) is 0.877. The van der Waals surface area contributed by atoms with Gasteiger partial charge in [0.05, 0.1) is 16.5 Å². The molecule has 0 atom stereocenters. The van der Waals surface area contributed by atoms with E-state index < -0.39 is 11.4 Å². The number of hydrogen-bond acceptors (Lipinski definition) is 2. The number of ether oxygens (including phenoxy) is 1. The van der Waals surface area contributed by atoms with Crippen molar-refractivity contribution in [3.63, 3.8) is 0 Å². The van der Waals surface area contributed by atoms with Gasteiger partial charge in [-0.1, -0.05) is 18.9 Å². The molecule has 1 N–H and O–H groups in total. The number of aliphatic carboxylic acids is 1. The second-order valence-corrected chi connectivity index (χ2v) is 6.85. The van der Waals surface area contributed by atoms with Crippen molar-refractivity contribution in [2.45, 2.75) is 43.9 Å². The molecular weight excluding hydrogens is 320 g/mol. The molecule has 108 valence electrons. The van der Waals surface area contributed by atoms with Crippen LogP contribution in [0, 0.1) is 5.92 Å². The average molecular weight is 339 g/mol. The summed E-state index contributed by atoms with van der Waals surface area (Å²) in [4.78, 5) is 11.5. The van der Waals surface area contributed by atoms with Crippen LogP contribution in [-0.4, -0.2) is 17.7 Å². The van der Waals surface area contributed by atoms with Crippen LogP contribution in [0.5, 0.6) is 5.75 Å². The normalized spacial score (nSPS) is 20.9. The number of halogens is 1. The zero-order chi connectivity index (χ0) is 14.2. The molecule has 0 aliphatic heterocycles. The van der Waals surface area contributed by atoms with Crippen LogP contribution >= 0.6 is 15.9 Å². The average Bonchev–Trinajstić information content (AvgIpc) is 2.27. The van der Waals surface area contributed by atoms with Crippen LogP contribution in [0.2, 0.25) is 0 Å². The van der Waals surface area contributed by atoms with Crippen molar-refractivity contribution in [2.24, 2.45) is 5.92 Å². The molecule has 1 aromatic rings. The lowest BCUT2D eigenvalue weighted by molar-refractivity contribution is -0.147. The summed E-state index contributed by atoms with van der Waals surface area (Å²) >= 11 is 3.51. The van der Waals surface area contributed by atoms with Gasteiger partial charge in [0.1, 0.15) is 5.75 Å². The van der Waals surface area contributed by atoms with Crippen LogP contribution in [0.25, 0.3) is 0 Å².